The predicted octanol–water partition coefficient (Wildman–Crippen LogP) is 4.36. The molecule has 2 aromatic rings. The van der Waals surface area contributed by atoms with Crippen molar-refractivity contribution in [3.63, 3.8) is 0 Å². The maximum Gasteiger partial charge on any atom is 0.377 e. The maximum atomic E-state index is 11.2. The van der Waals surface area contributed by atoms with Crippen LogP contribution in [0.25, 0.3) is 0 Å². The van der Waals surface area contributed by atoms with Crippen LogP contribution < -0.4 is 0 Å². The van der Waals surface area contributed by atoms with Gasteiger partial charge in [0.1, 0.15) is 0 Å². The molecular weight excluding hydrogens is 348 g/mol. The van der Waals surface area contributed by atoms with Crippen molar-refractivity contribution in [2.24, 2.45) is 0 Å². The van der Waals surface area contributed by atoms with E-state index < -0.39 is 23.6 Å². The monoisotopic (exact) mass is 366 g/mol. The molecule has 0 bridgehead atoms. The lowest BCUT2D eigenvalue weighted by Crippen LogP contribution is -2.11. The van der Waals surface area contributed by atoms with Gasteiger partial charge in [0.15, 0.2) is 11.9 Å². The molecule has 0 aromatic heterocycles. The summed E-state index contributed by atoms with van der Waals surface area (Å²) in [7, 11) is 0. The Morgan fingerprint density at radius 1 is 1.04 bits per heavy atom. The minimum absolute atomic E-state index is 0.343. The Balaban J connectivity index is 1.59. The first-order chi connectivity index (χ1) is 12.6. The molecule has 2 N–H and O–H groups in total. The van der Waals surface area contributed by atoms with Crippen LogP contribution in [0.3, 0.4) is 0 Å². The number of hydrogen-bond donors (Lipinski definition) is 2. The first-order valence-electron chi connectivity index (χ1n) is 8.23. The van der Waals surface area contributed by atoms with Gasteiger partial charge in [-0.05, 0) is 23.8 Å². The number of carbonyl (C=O) groups is 1. The minimum Gasteiger partial charge on any atom is -0.505 e. The lowest BCUT2D eigenvalue weighted by atomic mass is 10.1. The highest BCUT2D eigenvalue weighted by Gasteiger charge is 2.33. The molecule has 0 saturated carbocycles. The van der Waals surface area contributed by atoms with Crippen LogP contribution in [0.15, 0.2) is 71.0 Å². The Hall–Kier alpha value is -2.84. The van der Waals surface area contributed by atoms with E-state index in [1.807, 2.05) is 36.4 Å². The molecule has 1 heterocycles. The lowest BCUT2D eigenvalue weighted by Gasteiger charge is -2.06. The molecule has 0 radical (unpaired) electrons. The number of thioether (sulfide) groups is 1. The topological polar surface area (TPSA) is 66.8 Å². The van der Waals surface area contributed by atoms with E-state index in [-0.39, 0.29) is 0 Å². The Labute approximate surface area is 156 Å². The highest BCUT2D eigenvalue weighted by molar-refractivity contribution is 7.98. The third-order valence-electron chi connectivity index (χ3n) is 3.90. The van der Waals surface area contributed by atoms with Crippen molar-refractivity contribution >= 4 is 17.7 Å². The number of benzene rings is 2. The van der Waals surface area contributed by atoms with Crippen molar-refractivity contribution in [1.82, 2.24) is 0 Å². The molecule has 0 aliphatic carbocycles. The Morgan fingerprint density at radius 2 is 1.77 bits per heavy atom. The lowest BCUT2D eigenvalue weighted by molar-refractivity contribution is -0.142. The SMILES string of the molecule is O=C1OC(CCC#Cc2ccccc2CSc2ccccc2)C(O)=C1O. The van der Waals surface area contributed by atoms with Crippen LogP contribution in [-0.4, -0.2) is 22.3 Å². The summed E-state index contributed by atoms with van der Waals surface area (Å²) in [6, 6.07) is 18.2. The van der Waals surface area contributed by atoms with E-state index in [0.717, 1.165) is 16.9 Å². The molecule has 0 amide bonds. The van der Waals surface area contributed by atoms with Gasteiger partial charge in [0, 0.05) is 29.1 Å². The summed E-state index contributed by atoms with van der Waals surface area (Å²) in [5, 5.41) is 18.9. The fourth-order valence-electron chi connectivity index (χ4n) is 2.50. The quantitative estimate of drug-likeness (QED) is 0.467. The molecule has 4 nitrogen and oxygen atoms in total. The van der Waals surface area contributed by atoms with Gasteiger partial charge in [-0.3, -0.25) is 0 Å². The number of cyclic esters (lactones) is 1. The summed E-state index contributed by atoms with van der Waals surface area (Å²) in [5.74, 6) is 5.03. The highest BCUT2D eigenvalue weighted by atomic mass is 32.2. The largest absolute Gasteiger partial charge is 0.505 e. The third kappa shape index (κ3) is 4.41. The van der Waals surface area contributed by atoms with Gasteiger partial charge in [-0.15, -0.1) is 11.8 Å². The van der Waals surface area contributed by atoms with Crippen LogP contribution in [0.1, 0.15) is 24.0 Å². The fraction of sp³-hybridized carbons (Fsp3) is 0.190. The summed E-state index contributed by atoms with van der Waals surface area (Å²) < 4.78 is 4.87. The Morgan fingerprint density at radius 3 is 2.50 bits per heavy atom. The minimum atomic E-state index is -0.885. The molecule has 1 aliphatic rings. The van der Waals surface area contributed by atoms with Crippen LogP contribution >= 0.6 is 11.8 Å². The molecular formula is C21H18O4S. The number of carbonyl (C=O) groups excluding carboxylic acids is 1. The van der Waals surface area contributed by atoms with Crippen molar-refractivity contribution in [3.8, 4) is 11.8 Å². The summed E-state index contributed by atoms with van der Waals surface area (Å²) in [6.45, 7) is 0. The number of rotatable bonds is 5. The molecule has 132 valence electrons. The summed E-state index contributed by atoms with van der Waals surface area (Å²) in [4.78, 5) is 12.4. The highest BCUT2D eigenvalue weighted by Crippen LogP contribution is 2.24. The number of ether oxygens (including phenoxy) is 1. The first-order valence-corrected chi connectivity index (χ1v) is 9.21. The van der Waals surface area contributed by atoms with Gasteiger partial charge in [-0.25, -0.2) is 4.79 Å². The van der Waals surface area contributed by atoms with Crippen LogP contribution in [-0.2, 0) is 15.3 Å². The van der Waals surface area contributed by atoms with Gasteiger partial charge >= 0.3 is 5.97 Å². The standard InChI is InChI=1S/C21H18O4S/c22-19-18(25-21(24)20(19)23)13-7-6-9-15-8-4-5-10-16(15)14-26-17-11-2-1-3-12-17/h1-5,8,10-12,18,22-23H,7,13-14H2. The molecule has 1 aliphatic heterocycles. The van der Waals surface area contributed by atoms with Crippen LogP contribution in [0.5, 0.6) is 0 Å². The molecule has 5 heteroatoms. The fourth-order valence-corrected chi connectivity index (χ4v) is 3.42. The molecule has 0 fully saturated rings. The smallest absolute Gasteiger partial charge is 0.377 e. The normalized spacial score (nSPS) is 16.2. The van der Waals surface area contributed by atoms with E-state index in [2.05, 4.69) is 30.0 Å². The second-order valence-electron chi connectivity index (χ2n) is 5.73. The van der Waals surface area contributed by atoms with Crippen LogP contribution in [0.2, 0.25) is 0 Å². The Kier molecular flexibility index (Phi) is 5.88. The van der Waals surface area contributed by atoms with Gasteiger partial charge in [0.2, 0.25) is 5.76 Å². The predicted molar refractivity (Wildman–Crippen MR) is 101 cm³/mol. The van der Waals surface area contributed by atoms with Crippen molar-refractivity contribution in [1.29, 1.82) is 0 Å². The van der Waals surface area contributed by atoms with E-state index >= 15 is 0 Å². The number of aliphatic hydroxyl groups excluding tert-OH is 2. The average Bonchev–Trinajstić information content (AvgIpc) is 2.92. The zero-order chi connectivity index (χ0) is 18.4. The summed E-state index contributed by atoms with van der Waals surface area (Å²) in [5.41, 5.74) is 2.11. The molecule has 2 aromatic carbocycles. The maximum absolute atomic E-state index is 11.2. The first kappa shape index (κ1) is 18.0. The van der Waals surface area contributed by atoms with E-state index in [4.69, 9.17) is 4.74 Å². The van der Waals surface area contributed by atoms with E-state index in [9.17, 15) is 15.0 Å². The molecule has 1 atom stereocenters. The van der Waals surface area contributed by atoms with E-state index in [1.165, 1.54) is 4.90 Å². The number of esters is 1. The van der Waals surface area contributed by atoms with Crippen molar-refractivity contribution < 1.29 is 19.7 Å². The summed E-state index contributed by atoms with van der Waals surface area (Å²) in [6.07, 6.45) is -0.0222. The van der Waals surface area contributed by atoms with Crippen molar-refractivity contribution in [2.75, 3.05) is 0 Å². The van der Waals surface area contributed by atoms with Gasteiger partial charge in [-0.1, -0.05) is 48.2 Å². The van der Waals surface area contributed by atoms with Gasteiger partial charge in [0.05, 0.1) is 0 Å². The van der Waals surface area contributed by atoms with Gasteiger partial charge in [0.25, 0.3) is 0 Å². The second kappa shape index (κ2) is 8.50. The molecule has 1 unspecified atom stereocenters. The summed E-state index contributed by atoms with van der Waals surface area (Å²) >= 11 is 1.76. The van der Waals surface area contributed by atoms with Crippen LogP contribution in [0, 0.1) is 11.8 Å². The molecule has 26 heavy (non-hydrogen) atoms. The van der Waals surface area contributed by atoms with Crippen molar-refractivity contribution in [2.45, 2.75) is 29.6 Å². The average molecular weight is 366 g/mol. The zero-order valence-corrected chi connectivity index (χ0v) is 14.8. The number of aliphatic hydroxyl groups is 2. The molecule has 3 rings (SSSR count). The Bertz CT molecular complexity index is 878. The van der Waals surface area contributed by atoms with E-state index in [0.29, 0.717) is 12.8 Å². The zero-order valence-electron chi connectivity index (χ0n) is 14.0. The third-order valence-corrected chi connectivity index (χ3v) is 4.96. The van der Waals surface area contributed by atoms with Crippen molar-refractivity contribution in [3.05, 3.63) is 77.2 Å². The second-order valence-corrected chi connectivity index (χ2v) is 6.78. The number of hydrogen-bond acceptors (Lipinski definition) is 5. The van der Waals surface area contributed by atoms with Gasteiger partial charge < -0.3 is 14.9 Å². The van der Waals surface area contributed by atoms with Gasteiger partial charge in [-0.2, -0.15) is 0 Å². The van der Waals surface area contributed by atoms with Crippen LogP contribution in [0.4, 0.5) is 0 Å². The molecule has 0 spiro atoms. The molecule has 0 saturated heterocycles. The van der Waals surface area contributed by atoms with E-state index in [1.54, 1.807) is 11.8 Å².